The molecule has 0 saturated heterocycles. The first kappa shape index (κ1) is 14.0. The number of carbonyl (C=O) groups is 1. The Hall–Kier alpha value is -1.99. The van der Waals surface area contributed by atoms with Crippen LogP contribution in [0.5, 0.6) is 0 Å². The summed E-state index contributed by atoms with van der Waals surface area (Å²) in [6, 6.07) is 8.90. The number of rotatable bonds is 2. The molecule has 106 valence electrons. The van der Waals surface area contributed by atoms with Gasteiger partial charge in [0.15, 0.2) is 5.13 Å². The molecule has 5 nitrogen and oxygen atoms in total. The third kappa shape index (κ3) is 2.88. The van der Waals surface area contributed by atoms with E-state index in [0.717, 1.165) is 20.4 Å². The van der Waals surface area contributed by atoms with Crippen LogP contribution in [0.2, 0.25) is 0 Å². The quantitative estimate of drug-likeness (QED) is 0.729. The Morgan fingerprint density at radius 2 is 2.10 bits per heavy atom. The number of anilines is 2. The van der Waals surface area contributed by atoms with Crippen LogP contribution in [0.4, 0.5) is 10.9 Å². The average Bonchev–Trinajstić information content (AvgIpc) is 2.82. The number of aryl methyl sites for hydroxylation is 1. The number of thiazole rings is 1. The highest BCUT2D eigenvalue weighted by atomic mass is 79.9. The lowest BCUT2D eigenvalue weighted by Crippen LogP contribution is -2.13. The Morgan fingerprint density at radius 3 is 2.86 bits per heavy atom. The largest absolute Gasteiger partial charge is 0.375 e. The highest BCUT2D eigenvalue weighted by Gasteiger charge is 2.10. The summed E-state index contributed by atoms with van der Waals surface area (Å²) >= 11 is 4.74. The van der Waals surface area contributed by atoms with Crippen molar-refractivity contribution in [2.24, 2.45) is 0 Å². The van der Waals surface area contributed by atoms with Crippen molar-refractivity contribution >= 4 is 54.3 Å². The SMILES string of the molecule is Cc1nc(NC(=O)c2ccc3nc(N)sc3c2)ccc1Br. The Bertz CT molecular complexity index is 846. The normalized spacial score (nSPS) is 10.8. The summed E-state index contributed by atoms with van der Waals surface area (Å²) in [5.41, 5.74) is 7.83. The number of nitrogens with one attached hydrogen (secondary N) is 1. The third-order valence-electron chi connectivity index (χ3n) is 2.93. The van der Waals surface area contributed by atoms with Crippen LogP contribution in [0, 0.1) is 6.92 Å². The second-order valence-electron chi connectivity index (χ2n) is 4.45. The number of benzene rings is 1. The molecule has 0 atom stereocenters. The van der Waals surface area contributed by atoms with Crippen LogP contribution in [0.3, 0.4) is 0 Å². The van der Waals surface area contributed by atoms with Crippen molar-refractivity contribution in [3.63, 3.8) is 0 Å². The molecule has 3 N–H and O–H groups in total. The number of nitrogens with zero attached hydrogens (tertiary/aromatic N) is 2. The molecule has 0 bridgehead atoms. The van der Waals surface area contributed by atoms with E-state index < -0.39 is 0 Å². The molecule has 21 heavy (non-hydrogen) atoms. The number of pyridine rings is 1. The fourth-order valence-electron chi connectivity index (χ4n) is 1.89. The maximum atomic E-state index is 12.3. The first-order valence-corrected chi connectivity index (χ1v) is 7.74. The lowest BCUT2D eigenvalue weighted by Gasteiger charge is -2.06. The standard InChI is InChI=1S/C14H11BrN4OS/c1-7-9(15)3-5-12(17-7)19-13(20)8-2-4-10-11(6-8)21-14(16)18-10/h2-6H,1H3,(H2,16,18)(H,17,19,20). The summed E-state index contributed by atoms with van der Waals surface area (Å²) in [7, 11) is 0. The number of hydrogen-bond donors (Lipinski definition) is 2. The van der Waals surface area contributed by atoms with E-state index in [1.165, 1.54) is 11.3 Å². The van der Waals surface area contributed by atoms with E-state index >= 15 is 0 Å². The van der Waals surface area contributed by atoms with Crippen molar-refractivity contribution in [1.29, 1.82) is 0 Å². The van der Waals surface area contributed by atoms with Crippen LogP contribution in [0.15, 0.2) is 34.8 Å². The maximum absolute atomic E-state index is 12.3. The predicted octanol–water partition coefficient (Wildman–Crippen LogP) is 3.60. The monoisotopic (exact) mass is 362 g/mol. The number of nitrogens with two attached hydrogens (primary N) is 1. The Morgan fingerprint density at radius 1 is 1.29 bits per heavy atom. The van der Waals surface area contributed by atoms with Gasteiger partial charge in [0.1, 0.15) is 5.82 Å². The van der Waals surface area contributed by atoms with Gasteiger partial charge in [-0.2, -0.15) is 0 Å². The van der Waals surface area contributed by atoms with E-state index in [1.807, 2.05) is 13.0 Å². The molecule has 2 heterocycles. The van der Waals surface area contributed by atoms with E-state index in [4.69, 9.17) is 5.73 Å². The molecule has 7 heteroatoms. The first-order valence-electron chi connectivity index (χ1n) is 6.13. The van der Waals surface area contributed by atoms with Gasteiger partial charge in [0, 0.05) is 10.0 Å². The highest BCUT2D eigenvalue weighted by Crippen LogP contribution is 2.25. The number of hydrogen-bond acceptors (Lipinski definition) is 5. The van der Waals surface area contributed by atoms with E-state index in [0.29, 0.717) is 16.5 Å². The molecule has 0 unspecified atom stereocenters. The fraction of sp³-hybridized carbons (Fsp3) is 0.0714. The minimum absolute atomic E-state index is 0.210. The summed E-state index contributed by atoms with van der Waals surface area (Å²) in [6.45, 7) is 1.87. The molecule has 0 radical (unpaired) electrons. The van der Waals surface area contributed by atoms with Crippen LogP contribution >= 0.6 is 27.3 Å². The molecular formula is C14H11BrN4OS. The number of fused-ring (bicyclic) bond motifs is 1. The molecule has 0 saturated carbocycles. The smallest absolute Gasteiger partial charge is 0.256 e. The number of amides is 1. The van der Waals surface area contributed by atoms with Crippen molar-refractivity contribution < 1.29 is 4.79 Å². The average molecular weight is 363 g/mol. The van der Waals surface area contributed by atoms with E-state index in [-0.39, 0.29) is 5.91 Å². The van der Waals surface area contributed by atoms with E-state index in [1.54, 1.807) is 24.3 Å². The summed E-state index contributed by atoms with van der Waals surface area (Å²) < 4.78 is 1.79. The minimum atomic E-state index is -0.210. The molecule has 2 aromatic heterocycles. The van der Waals surface area contributed by atoms with Gasteiger partial charge < -0.3 is 11.1 Å². The van der Waals surface area contributed by atoms with E-state index in [2.05, 4.69) is 31.2 Å². The summed E-state index contributed by atoms with van der Waals surface area (Å²) in [5.74, 6) is 0.308. The number of aromatic nitrogens is 2. The lowest BCUT2D eigenvalue weighted by molar-refractivity contribution is 0.102. The van der Waals surface area contributed by atoms with Gasteiger partial charge in [0.2, 0.25) is 0 Å². The summed E-state index contributed by atoms with van der Waals surface area (Å²) in [6.07, 6.45) is 0. The maximum Gasteiger partial charge on any atom is 0.256 e. The number of nitrogen functional groups attached to an aromatic ring is 1. The number of halogens is 1. The zero-order valence-electron chi connectivity index (χ0n) is 11.1. The molecule has 0 aliphatic rings. The van der Waals surface area contributed by atoms with E-state index in [9.17, 15) is 4.79 Å². The van der Waals surface area contributed by atoms with Crippen molar-refractivity contribution in [2.75, 3.05) is 11.1 Å². The zero-order valence-corrected chi connectivity index (χ0v) is 13.5. The van der Waals surface area contributed by atoms with Gasteiger partial charge in [-0.3, -0.25) is 4.79 Å². The van der Waals surface area contributed by atoms with Crippen LogP contribution in [-0.4, -0.2) is 15.9 Å². The predicted molar refractivity (Wildman–Crippen MR) is 88.7 cm³/mol. The molecule has 3 rings (SSSR count). The van der Waals surface area contributed by atoms with Gasteiger partial charge in [-0.15, -0.1) is 0 Å². The van der Waals surface area contributed by atoms with Crippen molar-refractivity contribution in [3.05, 3.63) is 46.1 Å². The van der Waals surface area contributed by atoms with Crippen LogP contribution in [0.1, 0.15) is 16.1 Å². The first-order chi connectivity index (χ1) is 10.0. The van der Waals surface area contributed by atoms with Gasteiger partial charge in [0.25, 0.3) is 5.91 Å². The molecule has 3 aromatic rings. The lowest BCUT2D eigenvalue weighted by atomic mass is 10.2. The second-order valence-corrected chi connectivity index (χ2v) is 6.37. The van der Waals surface area contributed by atoms with Crippen molar-refractivity contribution in [1.82, 2.24) is 9.97 Å². The molecule has 0 aliphatic carbocycles. The van der Waals surface area contributed by atoms with Crippen LogP contribution < -0.4 is 11.1 Å². The Balaban J connectivity index is 1.87. The summed E-state index contributed by atoms with van der Waals surface area (Å²) in [5, 5.41) is 3.27. The summed E-state index contributed by atoms with van der Waals surface area (Å²) in [4.78, 5) is 20.7. The third-order valence-corrected chi connectivity index (χ3v) is 4.62. The van der Waals surface area contributed by atoms with Crippen molar-refractivity contribution in [2.45, 2.75) is 6.92 Å². The van der Waals surface area contributed by atoms with Crippen LogP contribution in [-0.2, 0) is 0 Å². The molecule has 0 aliphatic heterocycles. The van der Waals surface area contributed by atoms with Crippen LogP contribution in [0.25, 0.3) is 10.2 Å². The Labute approximate surface area is 133 Å². The van der Waals surface area contributed by atoms with Crippen molar-refractivity contribution in [3.8, 4) is 0 Å². The molecule has 0 spiro atoms. The highest BCUT2D eigenvalue weighted by molar-refractivity contribution is 9.10. The molecule has 0 fully saturated rings. The van der Waals surface area contributed by atoms with Gasteiger partial charge in [0.05, 0.1) is 15.9 Å². The van der Waals surface area contributed by atoms with Gasteiger partial charge in [-0.1, -0.05) is 11.3 Å². The molecule has 1 aromatic carbocycles. The van der Waals surface area contributed by atoms with Gasteiger partial charge in [-0.05, 0) is 53.2 Å². The number of carbonyl (C=O) groups excluding carboxylic acids is 1. The second kappa shape index (κ2) is 5.42. The minimum Gasteiger partial charge on any atom is -0.375 e. The fourth-order valence-corrected chi connectivity index (χ4v) is 2.88. The Kier molecular flexibility index (Phi) is 3.60. The zero-order chi connectivity index (χ0) is 15.0. The van der Waals surface area contributed by atoms with Gasteiger partial charge >= 0.3 is 0 Å². The topological polar surface area (TPSA) is 80.9 Å². The molecule has 1 amide bonds. The molecular weight excluding hydrogens is 352 g/mol. The van der Waals surface area contributed by atoms with Gasteiger partial charge in [-0.25, -0.2) is 9.97 Å².